The van der Waals surface area contributed by atoms with E-state index >= 15 is 0 Å². The van der Waals surface area contributed by atoms with Gasteiger partial charge in [0.2, 0.25) is 0 Å². The Morgan fingerprint density at radius 1 is 1.61 bits per heavy atom. The normalized spacial score (nSPS) is 17.6. The van der Waals surface area contributed by atoms with Crippen molar-refractivity contribution in [2.75, 3.05) is 5.32 Å². The topological polar surface area (TPSA) is 73.1 Å². The first kappa shape index (κ1) is 12.4. The number of halogens is 1. The number of nitrogens with one attached hydrogen (secondary N) is 1. The fraction of sp³-hybridized carbons (Fsp3) is 0.385. The van der Waals surface area contributed by atoms with E-state index in [1.54, 1.807) is 6.92 Å². The smallest absolute Gasteiger partial charge is 0.329 e. The molecule has 0 aliphatic heterocycles. The lowest BCUT2D eigenvalue weighted by Crippen LogP contribution is -2.45. The van der Waals surface area contributed by atoms with E-state index in [9.17, 15) is 14.3 Å². The molecule has 0 aromatic heterocycles. The van der Waals surface area contributed by atoms with Crippen LogP contribution in [0.1, 0.15) is 25.3 Å². The summed E-state index contributed by atoms with van der Waals surface area (Å²) in [4.78, 5) is 11.3. The lowest BCUT2D eigenvalue weighted by Gasteiger charge is -2.27. The summed E-state index contributed by atoms with van der Waals surface area (Å²) in [6.07, 6.45) is 1.65. The average molecular weight is 248 g/mol. The number of benzene rings is 1. The number of nitrogens with zero attached hydrogens (tertiary/aromatic N) is 1. The predicted molar refractivity (Wildman–Crippen MR) is 63.5 cm³/mol. The monoisotopic (exact) mass is 248 g/mol. The molecule has 1 aromatic rings. The van der Waals surface area contributed by atoms with Gasteiger partial charge in [0.05, 0.1) is 17.3 Å². The molecule has 1 saturated carbocycles. The molecule has 0 radical (unpaired) electrons. The standard InChI is InChI=1S/C13H13FN2O2/c1-13(12(17)18,9-3-4-9)16-11-5-2-8(7-15)6-10(11)14/h2,5-6,9,16H,3-4H2,1H3,(H,17,18). The van der Waals surface area contributed by atoms with Gasteiger partial charge in [-0.25, -0.2) is 9.18 Å². The third kappa shape index (κ3) is 2.14. The van der Waals surface area contributed by atoms with Gasteiger partial charge < -0.3 is 10.4 Å². The third-order valence-corrected chi connectivity index (χ3v) is 3.33. The lowest BCUT2D eigenvalue weighted by atomic mass is 9.95. The van der Waals surface area contributed by atoms with Crippen LogP contribution in [0, 0.1) is 23.1 Å². The van der Waals surface area contributed by atoms with Crippen LogP contribution in [0.25, 0.3) is 0 Å². The molecular formula is C13H13FN2O2. The second-order valence-corrected chi connectivity index (χ2v) is 4.71. The van der Waals surface area contributed by atoms with Crippen molar-refractivity contribution in [3.05, 3.63) is 29.6 Å². The summed E-state index contributed by atoms with van der Waals surface area (Å²) < 4.78 is 13.7. The van der Waals surface area contributed by atoms with Gasteiger partial charge in [0.25, 0.3) is 0 Å². The Balaban J connectivity index is 2.28. The minimum absolute atomic E-state index is 0.0186. The summed E-state index contributed by atoms with van der Waals surface area (Å²) in [5.41, 5.74) is -0.832. The zero-order valence-electron chi connectivity index (χ0n) is 9.90. The molecule has 1 unspecified atom stereocenters. The molecule has 5 heteroatoms. The van der Waals surface area contributed by atoms with Crippen molar-refractivity contribution in [3.63, 3.8) is 0 Å². The van der Waals surface area contributed by atoms with E-state index in [0.29, 0.717) is 0 Å². The van der Waals surface area contributed by atoms with Gasteiger partial charge in [0, 0.05) is 0 Å². The van der Waals surface area contributed by atoms with Crippen LogP contribution in [0.5, 0.6) is 0 Å². The van der Waals surface area contributed by atoms with E-state index in [2.05, 4.69) is 5.32 Å². The first-order chi connectivity index (χ1) is 8.47. The molecule has 94 valence electrons. The number of nitriles is 1. The average Bonchev–Trinajstić information content (AvgIpc) is 3.15. The summed E-state index contributed by atoms with van der Waals surface area (Å²) >= 11 is 0. The summed E-state index contributed by atoms with van der Waals surface area (Å²) in [7, 11) is 0. The largest absolute Gasteiger partial charge is 0.480 e. The van der Waals surface area contributed by atoms with Crippen LogP contribution in [0.2, 0.25) is 0 Å². The van der Waals surface area contributed by atoms with E-state index in [-0.39, 0.29) is 17.2 Å². The lowest BCUT2D eigenvalue weighted by molar-refractivity contribution is -0.142. The molecule has 4 nitrogen and oxygen atoms in total. The molecule has 2 rings (SSSR count). The number of carboxylic acids is 1. The van der Waals surface area contributed by atoms with Crippen molar-refractivity contribution in [2.24, 2.45) is 5.92 Å². The van der Waals surface area contributed by atoms with Crippen LogP contribution in [0.4, 0.5) is 10.1 Å². The quantitative estimate of drug-likeness (QED) is 0.857. The molecule has 2 N–H and O–H groups in total. The predicted octanol–water partition coefficient (Wildman–Crippen LogP) is 2.36. The molecule has 1 aliphatic carbocycles. The van der Waals surface area contributed by atoms with Gasteiger partial charge in [-0.15, -0.1) is 0 Å². The number of anilines is 1. The number of hydrogen-bond donors (Lipinski definition) is 2. The molecule has 1 aromatic carbocycles. The van der Waals surface area contributed by atoms with Crippen molar-refractivity contribution in [2.45, 2.75) is 25.3 Å². The Labute approximate surface area is 104 Å². The zero-order chi connectivity index (χ0) is 13.3. The van der Waals surface area contributed by atoms with E-state index in [0.717, 1.165) is 18.9 Å². The van der Waals surface area contributed by atoms with Crippen molar-refractivity contribution in [1.82, 2.24) is 0 Å². The van der Waals surface area contributed by atoms with Gasteiger partial charge in [0.15, 0.2) is 0 Å². The Hall–Kier alpha value is -2.09. The summed E-state index contributed by atoms with van der Waals surface area (Å²) in [6.45, 7) is 1.56. The van der Waals surface area contributed by atoms with Gasteiger partial charge in [0.1, 0.15) is 11.4 Å². The number of carboxylic acid groups (broad SMARTS) is 1. The Bertz CT molecular complexity index is 534. The Morgan fingerprint density at radius 2 is 2.28 bits per heavy atom. The number of aliphatic carboxylic acids is 1. The molecule has 0 spiro atoms. The van der Waals surface area contributed by atoms with Crippen LogP contribution in [0.3, 0.4) is 0 Å². The molecule has 1 aliphatic rings. The van der Waals surface area contributed by atoms with Gasteiger partial charge in [-0.1, -0.05) is 0 Å². The number of hydrogen-bond acceptors (Lipinski definition) is 3. The molecule has 0 saturated heterocycles. The summed E-state index contributed by atoms with van der Waals surface area (Å²) in [5, 5.41) is 20.7. The maximum absolute atomic E-state index is 13.7. The van der Waals surface area contributed by atoms with Crippen molar-refractivity contribution >= 4 is 11.7 Å². The summed E-state index contributed by atoms with van der Waals surface area (Å²) in [5.74, 6) is -1.58. The van der Waals surface area contributed by atoms with Gasteiger partial charge in [-0.05, 0) is 43.9 Å². The first-order valence-corrected chi connectivity index (χ1v) is 5.68. The molecular weight excluding hydrogens is 235 g/mol. The fourth-order valence-electron chi connectivity index (χ4n) is 1.96. The van der Waals surface area contributed by atoms with Crippen LogP contribution < -0.4 is 5.32 Å². The highest BCUT2D eigenvalue weighted by Crippen LogP contribution is 2.41. The SMILES string of the molecule is CC(Nc1ccc(C#N)cc1F)(C(=O)O)C1CC1. The highest BCUT2D eigenvalue weighted by molar-refractivity contribution is 5.83. The van der Waals surface area contributed by atoms with E-state index in [4.69, 9.17) is 5.26 Å². The number of rotatable bonds is 4. The molecule has 0 heterocycles. The number of carbonyl (C=O) groups is 1. The van der Waals surface area contributed by atoms with Crippen LogP contribution in [-0.2, 0) is 4.79 Å². The van der Waals surface area contributed by atoms with E-state index in [1.807, 2.05) is 6.07 Å². The first-order valence-electron chi connectivity index (χ1n) is 5.68. The van der Waals surface area contributed by atoms with E-state index in [1.165, 1.54) is 12.1 Å². The third-order valence-electron chi connectivity index (χ3n) is 3.33. The maximum atomic E-state index is 13.7. The Morgan fingerprint density at radius 3 is 2.72 bits per heavy atom. The second-order valence-electron chi connectivity index (χ2n) is 4.71. The van der Waals surface area contributed by atoms with Crippen molar-refractivity contribution in [3.8, 4) is 6.07 Å². The Kier molecular flexibility index (Phi) is 2.95. The van der Waals surface area contributed by atoms with E-state index < -0.39 is 17.3 Å². The highest BCUT2D eigenvalue weighted by Gasteiger charge is 2.47. The summed E-state index contributed by atoms with van der Waals surface area (Å²) in [6, 6.07) is 5.79. The molecule has 1 atom stereocenters. The van der Waals surface area contributed by atoms with Crippen molar-refractivity contribution in [1.29, 1.82) is 5.26 Å². The van der Waals surface area contributed by atoms with Crippen LogP contribution in [0.15, 0.2) is 18.2 Å². The maximum Gasteiger partial charge on any atom is 0.329 e. The highest BCUT2D eigenvalue weighted by atomic mass is 19.1. The molecule has 1 fully saturated rings. The van der Waals surface area contributed by atoms with Gasteiger partial charge >= 0.3 is 5.97 Å². The fourth-order valence-corrected chi connectivity index (χ4v) is 1.96. The molecule has 0 bridgehead atoms. The van der Waals surface area contributed by atoms with Gasteiger partial charge in [-0.2, -0.15) is 5.26 Å². The minimum Gasteiger partial charge on any atom is -0.480 e. The van der Waals surface area contributed by atoms with Crippen LogP contribution >= 0.6 is 0 Å². The molecule has 18 heavy (non-hydrogen) atoms. The van der Waals surface area contributed by atoms with Crippen molar-refractivity contribution < 1.29 is 14.3 Å². The van der Waals surface area contributed by atoms with Crippen LogP contribution in [-0.4, -0.2) is 16.6 Å². The zero-order valence-corrected chi connectivity index (χ0v) is 9.90. The second kappa shape index (κ2) is 4.30. The van der Waals surface area contributed by atoms with Gasteiger partial charge in [-0.3, -0.25) is 0 Å². The minimum atomic E-state index is -1.16. The molecule has 0 amide bonds.